The van der Waals surface area contributed by atoms with Crippen molar-refractivity contribution in [1.29, 1.82) is 5.26 Å². The summed E-state index contributed by atoms with van der Waals surface area (Å²) in [5.41, 5.74) is 6.67. The molecule has 5 heteroatoms. The van der Waals surface area contributed by atoms with Gasteiger partial charge in [0.25, 0.3) is 5.91 Å². The summed E-state index contributed by atoms with van der Waals surface area (Å²) in [5, 5.41) is 8.71. The smallest absolute Gasteiger partial charge is 0.255 e. The first kappa shape index (κ1) is 13.5. The summed E-state index contributed by atoms with van der Waals surface area (Å²) < 4.78 is 0.833. The molecule has 1 atom stereocenters. The van der Waals surface area contributed by atoms with Gasteiger partial charge >= 0.3 is 0 Å². The van der Waals surface area contributed by atoms with Gasteiger partial charge in [0, 0.05) is 23.8 Å². The zero-order chi connectivity index (χ0) is 13.0. The molecule has 0 heterocycles. The summed E-state index contributed by atoms with van der Waals surface area (Å²) in [7, 11) is 1.66. The Bertz CT molecular complexity index is 467. The predicted molar refractivity (Wildman–Crippen MR) is 70.3 cm³/mol. The largest absolute Gasteiger partial charge is 0.398 e. The van der Waals surface area contributed by atoms with Gasteiger partial charge in [-0.25, -0.2) is 0 Å². The Morgan fingerprint density at radius 3 is 2.82 bits per heavy atom. The third kappa shape index (κ3) is 3.46. The second kappa shape index (κ2) is 5.69. The first-order valence-electron chi connectivity index (χ1n) is 5.15. The molecule has 0 radical (unpaired) electrons. The highest BCUT2D eigenvalue weighted by molar-refractivity contribution is 9.10. The van der Waals surface area contributed by atoms with Gasteiger partial charge in [0.15, 0.2) is 0 Å². The lowest BCUT2D eigenvalue weighted by atomic mass is 10.1. The molecule has 2 N–H and O–H groups in total. The zero-order valence-corrected chi connectivity index (χ0v) is 11.4. The van der Waals surface area contributed by atoms with Gasteiger partial charge in [0.1, 0.15) is 0 Å². The van der Waals surface area contributed by atoms with Crippen LogP contribution >= 0.6 is 15.9 Å². The lowest BCUT2D eigenvalue weighted by Crippen LogP contribution is -2.31. The third-order valence-electron chi connectivity index (χ3n) is 2.36. The highest BCUT2D eigenvalue weighted by Gasteiger charge is 2.16. The van der Waals surface area contributed by atoms with E-state index in [0.29, 0.717) is 17.8 Å². The van der Waals surface area contributed by atoms with Crippen LogP contribution in [0.15, 0.2) is 22.7 Å². The molecule has 1 aromatic carbocycles. The first-order valence-corrected chi connectivity index (χ1v) is 5.95. The van der Waals surface area contributed by atoms with E-state index in [9.17, 15) is 4.79 Å². The molecule has 4 nitrogen and oxygen atoms in total. The number of nitriles is 1. The summed E-state index contributed by atoms with van der Waals surface area (Å²) in [6.07, 6.45) is 0. The average Bonchev–Trinajstić information content (AvgIpc) is 2.28. The number of hydrogen-bond acceptors (Lipinski definition) is 3. The maximum atomic E-state index is 12.0. The van der Waals surface area contributed by atoms with Crippen molar-refractivity contribution in [3.8, 4) is 6.07 Å². The van der Waals surface area contributed by atoms with Crippen molar-refractivity contribution in [1.82, 2.24) is 4.90 Å². The molecule has 0 aliphatic heterocycles. The normalized spacial score (nSPS) is 11.6. The minimum absolute atomic E-state index is 0.169. The van der Waals surface area contributed by atoms with Gasteiger partial charge in [-0.2, -0.15) is 5.26 Å². The monoisotopic (exact) mass is 295 g/mol. The maximum absolute atomic E-state index is 12.0. The Balaban J connectivity index is 2.86. The summed E-state index contributed by atoms with van der Waals surface area (Å²) in [6.45, 7) is 2.17. The van der Waals surface area contributed by atoms with E-state index in [-0.39, 0.29) is 11.8 Å². The van der Waals surface area contributed by atoms with E-state index in [0.717, 1.165) is 4.47 Å². The Hall–Kier alpha value is -1.54. The molecule has 17 heavy (non-hydrogen) atoms. The van der Waals surface area contributed by atoms with Crippen molar-refractivity contribution in [2.75, 3.05) is 19.3 Å². The van der Waals surface area contributed by atoms with Crippen molar-refractivity contribution in [2.24, 2.45) is 5.92 Å². The Morgan fingerprint density at radius 1 is 1.65 bits per heavy atom. The van der Waals surface area contributed by atoms with Crippen LogP contribution in [0.1, 0.15) is 17.3 Å². The standard InChI is InChI=1S/C12H14BrN3O/c1-8(6-14)7-16(2)12(17)10-4-3-9(13)5-11(10)15/h3-5,8H,7,15H2,1-2H3. The van der Waals surface area contributed by atoms with Gasteiger partial charge in [-0.15, -0.1) is 0 Å². The van der Waals surface area contributed by atoms with Crippen molar-refractivity contribution in [2.45, 2.75) is 6.92 Å². The van der Waals surface area contributed by atoms with Crippen LogP contribution in [0.5, 0.6) is 0 Å². The van der Waals surface area contributed by atoms with E-state index in [2.05, 4.69) is 22.0 Å². The third-order valence-corrected chi connectivity index (χ3v) is 2.85. The molecular formula is C12H14BrN3O. The molecule has 0 fully saturated rings. The lowest BCUT2D eigenvalue weighted by molar-refractivity contribution is 0.0786. The Morgan fingerprint density at radius 2 is 2.29 bits per heavy atom. The molecule has 90 valence electrons. The molecule has 0 bridgehead atoms. The van der Waals surface area contributed by atoms with Crippen LogP contribution in [0.3, 0.4) is 0 Å². The second-order valence-corrected chi connectivity index (χ2v) is 4.86. The molecule has 0 spiro atoms. The molecule has 0 aromatic heterocycles. The molecular weight excluding hydrogens is 282 g/mol. The number of benzene rings is 1. The summed E-state index contributed by atoms with van der Waals surface area (Å²) >= 11 is 3.29. The summed E-state index contributed by atoms with van der Waals surface area (Å²) in [4.78, 5) is 13.6. The molecule has 1 unspecified atom stereocenters. The minimum Gasteiger partial charge on any atom is -0.398 e. The van der Waals surface area contributed by atoms with Gasteiger partial charge in [-0.3, -0.25) is 4.79 Å². The van der Waals surface area contributed by atoms with Crippen LogP contribution in [0.2, 0.25) is 0 Å². The van der Waals surface area contributed by atoms with E-state index in [1.807, 2.05) is 0 Å². The Kier molecular flexibility index (Phi) is 4.53. The molecule has 1 aromatic rings. The van der Waals surface area contributed by atoms with Crippen LogP contribution in [-0.2, 0) is 0 Å². The number of carbonyl (C=O) groups is 1. The molecule has 0 saturated carbocycles. The number of rotatable bonds is 3. The van der Waals surface area contributed by atoms with Crippen molar-refractivity contribution < 1.29 is 4.79 Å². The van der Waals surface area contributed by atoms with Crippen LogP contribution < -0.4 is 5.73 Å². The number of anilines is 1. The Labute approximate surface area is 109 Å². The molecule has 0 aliphatic carbocycles. The number of hydrogen-bond donors (Lipinski definition) is 1. The fourth-order valence-electron chi connectivity index (χ4n) is 1.47. The van der Waals surface area contributed by atoms with Gasteiger partial charge in [-0.1, -0.05) is 15.9 Å². The van der Waals surface area contributed by atoms with E-state index in [4.69, 9.17) is 11.0 Å². The second-order valence-electron chi connectivity index (χ2n) is 3.95. The number of nitrogens with zero attached hydrogens (tertiary/aromatic N) is 2. The van der Waals surface area contributed by atoms with Gasteiger partial charge in [0.05, 0.1) is 17.6 Å². The lowest BCUT2D eigenvalue weighted by Gasteiger charge is -2.19. The topological polar surface area (TPSA) is 70.1 Å². The summed E-state index contributed by atoms with van der Waals surface area (Å²) in [5.74, 6) is -0.363. The van der Waals surface area contributed by atoms with E-state index in [1.165, 1.54) is 4.90 Å². The maximum Gasteiger partial charge on any atom is 0.255 e. The van der Waals surface area contributed by atoms with Crippen molar-refractivity contribution in [3.05, 3.63) is 28.2 Å². The molecule has 1 amide bonds. The highest BCUT2D eigenvalue weighted by Crippen LogP contribution is 2.19. The fourth-order valence-corrected chi connectivity index (χ4v) is 1.85. The molecule has 0 aliphatic rings. The zero-order valence-electron chi connectivity index (χ0n) is 9.77. The van der Waals surface area contributed by atoms with E-state index in [1.54, 1.807) is 32.2 Å². The van der Waals surface area contributed by atoms with Crippen LogP contribution in [0.25, 0.3) is 0 Å². The van der Waals surface area contributed by atoms with Gasteiger partial charge < -0.3 is 10.6 Å². The van der Waals surface area contributed by atoms with E-state index < -0.39 is 0 Å². The number of nitrogen functional groups attached to an aromatic ring is 1. The van der Waals surface area contributed by atoms with Gasteiger partial charge in [-0.05, 0) is 25.1 Å². The number of amides is 1. The number of nitrogens with two attached hydrogens (primary N) is 1. The first-order chi connectivity index (χ1) is 7.95. The quantitative estimate of drug-likeness (QED) is 0.870. The SMILES string of the molecule is CC(C#N)CN(C)C(=O)c1ccc(Br)cc1N. The number of halogens is 1. The van der Waals surface area contributed by atoms with Crippen LogP contribution in [0.4, 0.5) is 5.69 Å². The highest BCUT2D eigenvalue weighted by atomic mass is 79.9. The van der Waals surface area contributed by atoms with Crippen molar-refractivity contribution in [3.63, 3.8) is 0 Å². The molecule has 1 rings (SSSR count). The number of carbonyl (C=O) groups excluding carboxylic acids is 1. The fraction of sp³-hybridized carbons (Fsp3) is 0.333. The van der Waals surface area contributed by atoms with Gasteiger partial charge in [0.2, 0.25) is 0 Å². The summed E-state index contributed by atoms with van der Waals surface area (Å²) in [6, 6.07) is 7.23. The van der Waals surface area contributed by atoms with Crippen LogP contribution in [-0.4, -0.2) is 24.4 Å². The van der Waals surface area contributed by atoms with Crippen molar-refractivity contribution >= 4 is 27.5 Å². The van der Waals surface area contributed by atoms with Crippen LogP contribution in [0, 0.1) is 17.2 Å². The minimum atomic E-state index is -0.194. The molecule has 0 saturated heterocycles. The average molecular weight is 296 g/mol. The van der Waals surface area contributed by atoms with E-state index >= 15 is 0 Å². The predicted octanol–water partition coefficient (Wildman–Crippen LogP) is 2.26.